The van der Waals surface area contributed by atoms with Crippen molar-refractivity contribution in [2.75, 3.05) is 18.0 Å². The number of anilines is 1. The van der Waals surface area contributed by atoms with E-state index in [-0.39, 0.29) is 12.1 Å². The van der Waals surface area contributed by atoms with Crippen LogP contribution in [0.5, 0.6) is 0 Å². The Labute approximate surface area is 145 Å². The van der Waals surface area contributed by atoms with Crippen molar-refractivity contribution < 1.29 is 9.53 Å². The van der Waals surface area contributed by atoms with Crippen molar-refractivity contribution in [3.8, 4) is 0 Å². The highest BCUT2D eigenvalue weighted by Crippen LogP contribution is 2.28. The number of nitrogens with one attached hydrogen (secondary N) is 1. The number of aryl methyl sites for hydroxylation is 1. The van der Waals surface area contributed by atoms with E-state index in [1.165, 1.54) is 17.7 Å². The number of nitrogens with two attached hydrogens (primary N) is 1. The number of fused-ring (bicyclic) bond motifs is 1. The van der Waals surface area contributed by atoms with Crippen molar-refractivity contribution in [3.05, 3.63) is 29.8 Å². The van der Waals surface area contributed by atoms with Gasteiger partial charge in [0, 0.05) is 18.8 Å². The van der Waals surface area contributed by atoms with Crippen LogP contribution in [0.15, 0.2) is 24.3 Å². The molecule has 3 N–H and O–H groups in total. The van der Waals surface area contributed by atoms with E-state index in [0.717, 1.165) is 19.4 Å². The standard InChI is InChI=1S/C19H31N3O2/c1-14(21-18(23)24-19(2,3)4)17(13-20)22-12-8-7-10-15-9-5-6-11-16(15)22/h5-6,9,11,14,17H,7-8,10,12-13,20H2,1-4H3,(H,21,23). The summed E-state index contributed by atoms with van der Waals surface area (Å²) < 4.78 is 5.38. The molecule has 0 aliphatic carbocycles. The molecule has 0 saturated heterocycles. The van der Waals surface area contributed by atoms with Crippen molar-refractivity contribution >= 4 is 11.8 Å². The van der Waals surface area contributed by atoms with Crippen LogP contribution in [-0.2, 0) is 11.2 Å². The molecule has 2 atom stereocenters. The SMILES string of the molecule is CC(NC(=O)OC(C)(C)C)C(CN)N1CCCCc2ccccc21. The fourth-order valence-electron chi connectivity index (χ4n) is 3.26. The fourth-order valence-corrected chi connectivity index (χ4v) is 3.26. The third-order valence-electron chi connectivity index (χ3n) is 4.36. The molecule has 1 aromatic carbocycles. The summed E-state index contributed by atoms with van der Waals surface area (Å²) in [5.74, 6) is 0. The normalized spacial score (nSPS) is 17.5. The Balaban J connectivity index is 2.14. The number of para-hydroxylation sites is 1. The molecule has 134 valence electrons. The number of carbonyl (C=O) groups excluding carboxylic acids is 1. The van der Waals surface area contributed by atoms with Gasteiger partial charge >= 0.3 is 6.09 Å². The van der Waals surface area contributed by atoms with Crippen LogP contribution in [0.25, 0.3) is 0 Å². The summed E-state index contributed by atoms with van der Waals surface area (Å²) in [4.78, 5) is 14.4. The summed E-state index contributed by atoms with van der Waals surface area (Å²) in [6, 6.07) is 8.43. The Morgan fingerprint density at radius 1 is 1.33 bits per heavy atom. The van der Waals surface area contributed by atoms with E-state index in [0.29, 0.717) is 6.54 Å². The van der Waals surface area contributed by atoms with E-state index in [1.807, 2.05) is 27.7 Å². The maximum absolute atomic E-state index is 12.1. The first-order valence-electron chi connectivity index (χ1n) is 8.86. The molecule has 1 aliphatic rings. The van der Waals surface area contributed by atoms with Gasteiger partial charge in [0.1, 0.15) is 5.60 Å². The van der Waals surface area contributed by atoms with Crippen molar-refractivity contribution in [1.29, 1.82) is 0 Å². The number of rotatable bonds is 4. The van der Waals surface area contributed by atoms with Crippen molar-refractivity contribution in [3.63, 3.8) is 0 Å². The van der Waals surface area contributed by atoms with Gasteiger partial charge in [-0.2, -0.15) is 0 Å². The molecule has 2 rings (SSSR count). The summed E-state index contributed by atoms with van der Waals surface area (Å²) in [5.41, 5.74) is 8.18. The zero-order valence-corrected chi connectivity index (χ0v) is 15.3. The van der Waals surface area contributed by atoms with Crippen molar-refractivity contribution in [2.45, 2.75) is 64.6 Å². The van der Waals surface area contributed by atoms with E-state index >= 15 is 0 Å². The number of nitrogens with zero attached hydrogens (tertiary/aromatic N) is 1. The van der Waals surface area contributed by atoms with Crippen LogP contribution in [0.1, 0.15) is 46.1 Å². The van der Waals surface area contributed by atoms with E-state index in [4.69, 9.17) is 10.5 Å². The van der Waals surface area contributed by atoms with Gasteiger partial charge in [0.2, 0.25) is 0 Å². The number of hydrogen-bond donors (Lipinski definition) is 2. The second-order valence-electron chi connectivity index (χ2n) is 7.52. The number of ether oxygens (including phenoxy) is 1. The minimum atomic E-state index is -0.503. The third-order valence-corrected chi connectivity index (χ3v) is 4.36. The fraction of sp³-hybridized carbons (Fsp3) is 0.632. The lowest BCUT2D eigenvalue weighted by molar-refractivity contribution is 0.0501. The molecule has 1 amide bonds. The molecule has 1 heterocycles. The maximum Gasteiger partial charge on any atom is 0.407 e. The summed E-state index contributed by atoms with van der Waals surface area (Å²) in [5, 5.41) is 2.95. The minimum absolute atomic E-state index is 0.0387. The molecule has 0 radical (unpaired) electrons. The lowest BCUT2D eigenvalue weighted by atomic mass is 10.0. The smallest absolute Gasteiger partial charge is 0.407 e. The zero-order chi connectivity index (χ0) is 17.7. The Hall–Kier alpha value is -1.75. The molecule has 24 heavy (non-hydrogen) atoms. The maximum atomic E-state index is 12.1. The minimum Gasteiger partial charge on any atom is -0.444 e. The van der Waals surface area contributed by atoms with Crippen molar-refractivity contribution in [2.24, 2.45) is 5.73 Å². The summed E-state index contributed by atoms with van der Waals surface area (Å²) in [7, 11) is 0. The molecule has 0 fully saturated rings. The highest BCUT2D eigenvalue weighted by atomic mass is 16.6. The topological polar surface area (TPSA) is 67.6 Å². The second kappa shape index (κ2) is 7.88. The van der Waals surface area contributed by atoms with Gasteiger partial charge in [-0.15, -0.1) is 0 Å². The molecule has 0 spiro atoms. The molecule has 1 aromatic rings. The number of hydrogen-bond acceptors (Lipinski definition) is 4. The van der Waals surface area contributed by atoms with Crippen LogP contribution >= 0.6 is 0 Å². The quantitative estimate of drug-likeness (QED) is 0.888. The predicted molar refractivity (Wildman–Crippen MR) is 98.4 cm³/mol. The van der Waals surface area contributed by atoms with Gasteiger partial charge in [0.05, 0.1) is 12.1 Å². The molecule has 2 unspecified atom stereocenters. The molecule has 1 aliphatic heterocycles. The van der Waals surface area contributed by atoms with Gasteiger partial charge in [-0.25, -0.2) is 4.79 Å². The van der Waals surface area contributed by atoms with Gasteiger partial charge in [0.15, 0.2) is 0 Å². The summed E-state index contributed by atoms with van der Waals surface area (Å²) in [6.07, 6.45) is 3.01. The molecule has 0 saturated carbocycles. The lowest BCUT2D eigenvalue weighted by Gasteiger charge is -2.37. The van der Waals surface area contributed by atoms with E-state index in [1.54, 1.807) is 0 Å². The summed E-state index contributed by atoms with van der Waals surface area (Å²) >= 11 is 0. The average Bonchev–Trinajstić information content (AvgIpc) is 2.69. The molecular weight excluding hydrogens is 302 g/mol. The van der Waals surface area contributed by atoms with Crippen molar-refractivity contribution in [1.82, 2.24) is 5.32 Å². The monoisotopic (exact) mass is 333 g/mol. The largest absolute Gasteiger partial charge is 0.444 e. The first kappa shape index (κ1) is 18.6. The van der Waals surface area contributed by atoms with Gasteiger partial charge in [-0.3, -0.25) is 0 Å². The second-order valence-corrected chi connectivity index (χ2v) is 7.52. The Kier molecular flexibility index (Phi) is 6.10. The summed E-state index contributed by atoms with van der Waals surface area (Å²) in [6.45, 7) is 9.02. The molecule has 5 heteroatoms. The van der Waals surface area contributed by atoms with Crippen LogP contribution in [0.3, 0.4) is 0 Å². The van der Waals surface area contributed by atoms with Crippen LogP contribution in [0, 0.1) is 0 Å². The average molecular weight is 333 g/mol. The number of benzene rings is 1. The molecule has 0 bridgehead atoms. The lowest BCUT2D eigenvalue weighted by Crippen LogP contribution is -2.55. The first-order valence-corrected chi connectivity index (χ1v) is 8.86. The predicted octanol–water partition coefficient (Wildman–Crippen LogP) is 3.07. The number of alkyl carbamates (subject to hydrolysis) is 1. The van der Waals surface area contributed by atoms with Crippen LogP contribution in [0.4, 0.5) is 10.5 Å². The molecule has 5 nitrogen and oxygen atoms in total. The van der Waals surface area contributed by atoms with Gasteiger partial charge in [0.25, 0.3) is 0 Å². The Morgan fingerprint density at radius 2 is 2.04 bits per heavy atom. The Bertz CT molecular complexity index is 554. The third kappa shape index (κ3) is 4.87. The van der Waals surface area contributed by atoms with E-state index < -0.39 is 11.7 Å². The molecular formula is C19H31N3O2. The highest BCUT2D eigenvalue weighted by molar-refractivity contribution is 5.68. The molecule has 0 aromatic heterocycles. The van der Waals surface area contributed by atoms with Gasteiger partial charge in [-0.1, -0.05) is 18.2 Å². The van der Waals surface area contributed by atoms with Crippen LogP contribution in [0.2, 0.25) is 0 Å². The van der Waals surface area contributed by atoms with E-state index in [2.05, 4.69) is 34.5 Å². The van der Waals surface area contributed by atoms with Crippen LogP contribution < -0.4 is 16.0 Å². The van der Waals surface area contributed by atoms with Crippen LogP contribution in [-0.4, -0.2) is 36.9 Å². The zero-order valence-electron chi connectivity index (χ0n) is 15.3. The van der Waals surface area contributed by atoms with E-state index in [9.17, 15) is 4.79 Å². The number of carbonyl (C=O) groups is 1. The number of amides is 1. The highest BCUT2D eigenvalue weighted by Gasteiger charge is 2.28. The Morgan fingerprint density at radius 3 is 2.71 bits per heavy atom. The van der Waals surface area contributed by atoms with Gasteiger partial charge in [-0.05, 0) is 58.6 Å². The van der Waals surface area contributed by atoms with Gasteiger partial charge < -0.3 is 20.7 Å². The first-order chi connectivity index (χ1) is 11.3.